The van der Waals surface area contributed by atoms with Crippen molar-refractivity contribution in [3.8, 4) is 17.6 Å². The monoisotopic (exact) mass is 548 g/mol. The lowest BCUT2D eigenvalue weighted by atomic mass is 9.96. The van der Waals surface area contributed by atoms with Crippen LogP contribution in [0.4, 0.5) is 4.79 Å². The van der Waals surface area contributed by atoms with Gasteiger partial charge in [0, 0.05) is 49.7 Å². The van der Waals surface area contributed by atoms with E-state index in [1.165, 1.54) is 11.1 Å². The standard InChI is InChI=1S/C30H33ClN4O3.CH4/c31-27-14-12-26(13-15-27)29(25-9-2-1-3-10-25)34-19-17-33(18-20-34)21-22-38-28-11-6-8-24(23-28)7-4-5-16-35(37)30(32)36;/h1-3,6,8-15,23,29,37H,5,16-22H2,(H2,32,36);1H4/t29-;/m1./s1. The first-order chi connectivity index (χ1) is 18.5. The maximum absolute atomic E-state index is 10.8. The van der Waals surface area contributed by atoms with Crippen molar-refractivity contribution in [3.05, 3.63) is 101 Å². The Balaban J connectivity index is 0.00000420. The Hall–Kier alpha value is -3.54. The minimum absolute atomic E-state index is 0. The number of amides is 2. The topological polar surface area (TPSA) is 82.3 Å². The number of hydroxylamine groups is 2. The first-order valence-corrected chi connectivity index (χ1v) is 13.1. The van der Waals surface area contributed by atoms with Gasteiger partial charge >= 0.3 is 6.03 Å². The Morgan fingerprint density at radius 3 is 2.38 bits per heavy atom. The van der Waals surface area contributed by atoms with Gasteiger partial charge in [-0.2, -0.15) is 0 Å². The Bertz CT molecular complexity index is 1240. The molecule has 3 N–H and O–H groups in total. The molecule has 0 radical (unpaired) electrons. The fraction of sp³-hybridized carbons (Fsp3) is 0.323. The van der Waals surface area contributed by atoms with Crippen LogP contribution in [0.3, 0.4) is 0 Å². The van der Waals surface area contributed by atoms with Crippen LogP contribution < -0.4 is 10.5 Å². The summed E-state index contributed by atoms with van der Waals surface area (Å²) in [6, 6.07) is 25.7. The van der Waals surface area contributed by atoms with Gasteiger partial charge in [-0.05, 0) is 41.5 Å². The van der Waals surface area contributed by atoms with E-state index in [-0.39, 0.29) is 20.0 Å². The van der Waals surface area contributed by atoms with Gasteiger partial charge in [0.15, 0.2) is 0 Å². The molecule has 1 saturated heterocycles. The average molecular weight is 549 g/mol. The molecule has 3 aromatic carbocycles. The van der Waals surface area contributed by atoms with E-state index < -0.39 is 6.03 Å². The molecule has 1 fully saturated rings. The van der Waals surface area contributed by atoms with Crippen LogP contribution in [-0.2, 0) is 0 Å². The van der Waals surface area contributed by atoms with Crippen LogP contribution in [0.15, 0.2) is 78.9 Å². The molecular weight excluding hydrogens is 512 g/mol. The normalized spacial score (nSPS) is 14.4. The summed E-state index contributed by atoms with van der Waals surface area (Å²) < 4.78 is 6.00. The zero-order valence-electron chi connectivity index (χ0n) is 21.3. The van der Waals surface area contributed by atoms with Crippen LogP contribution in [0.1, 0.15) is 36.6 Å². The molecule has 0 aromatic heterocycles. The smallest absolute Gasteiger partial charge is 0.338 e. The molecule has 39 heavy (non-hydrogen) atoms. The third-order valence-corrected chi connectivity index (χ3v) is 6.77. The van der Waals surface area contributed by atoms with E-state index in [1.54, 1.807) is 0 Å². The maximum Gasteiger partial charge on any atom is 0.338 e. The highest BCUT2D eigenvalue weighted by Gasteiger charge is 2.26. The largest absolute Gasteiger partial charge is 0.492 e. The number of primary amides is 1. The number of hydrogen-bond donors (Lipinski definition) is 2. The number of benzene rings is 3. The number of piperazine rings is 1. The number of nitrogens with zero attached hydrogens (tertiary/aromatic N) is 3. The van der Waals surface area contributed by atoms with Crippen LogP contribution >= 0.6 is 11.6 Å². The van der Waals surface area contributed by atoms with Crippen molar-refractivity contribution in [1.29, 1.82) is 0 Å². The Morgan fingerprint density at radius 1 is 1.00 bits per heavy atom. The predicted octanol–water partition coefficient (Wildman–Crippen LogP) is 5.27. The van der Waals surface area contributed by atoms with E-state index >= 15 is 0 Å². The zero-order chi connectivity index (χ0) is 26.7. The molecular formula is C31H37ClN4O3. The first kappa shape index (κ1) is 30.0. The predicted molar refractivity (Wildman–Crippen MR) is 156 cm³/mol. The zero-order valence-corrected chi connectivity index (χ0v) is 22.1. The molecule has 206 valence electrons. The summed E-state index contributed by atoms with van der Waals surface area (Å²) in [5.74, 6) is 6.72. The van der Waals surface area contributed by atoms with Gasteiger partial charge in [0.05, 0.1) is 12.6 Å². The van der Waals surface area contributed by atoms with Crippen LogP contribution in [0.5, 0.6) is 5.75 Å². The molecule has 1 atom stereocenters. The van der Waals surface area contributed by atoms with Gasteiger partial charge in [-0.15, -0.1) is 0 Å². The van der Waals surface area contributed by atoms with Crippen molar-refractivity contribution >= 4 is 17.6 Å². The quantitative estimate of drug-likeness (QED) is 0.216. The Morgan fingerprint density at radius 2 is 1.69 bits per heavy atom. The van der Waals surface area contributed by atoms with Crippen LogP contribution in [0, 0.1) is 11.8 Å². The average Bonchev–Trinajstić information content (AvgIpc) is 2.94. The molecule has 2 amide bonds. The molecule has 8 heteroatoms. The summed E-state index contributed by atoms with van der Waals surface area (Å²) in [6.45, 7) is 5.38. The Labute approximate surface area is 236 Å². The molecule has 0 unspecified atom stereocenters. The molecule has 0 bridgehead atoms. The van der Waals surface area contributed by atoms with Crippen LogP contribution in [-0.4, -0.2) is 72.0 Å². The summed E-state index contributed by atoms with van der Waals surface area (Å²) in [7, 11) is 0. The molecule has 1 heterocycles. The third-order valence-electron chi connectivity index (χ3n) is 6.52. The maximum atomic E-state index is 10.8. The lowest BCUT2D eigenvalue weighted by molar-refractivity contribution is -0.0372. The number of halogens is 1. The number of hydrogen-bond acceptors (Lipinski definition) is 5. The van der Waals surface area contributed by atoms with E-state index in [9.17, 15) is 10.0 Å². The van der Waals surface area contributed by atoms with Gasteiger partial charge < -0.3 is 10.5 Å². The molecule has 7 nitrogen and oxygen atoms in total. The highest BCUT2D eigenvalue weighted by Crippen LogP contribution is 2.30. The van der Waals surface area contributed by atoms with E-state index in [1.807, 2.05) is 36.4 Å². The fourth-order valence-electron chi connectivity index (χ4n) is 4.53. The van der Waals surface area contributed by atoms with Crippen molar-refractivity contribution in [2.45, 2.75) is 19.9 Å². The second-order valence-electron chi connectivity index (χ2n) is 9.13. The lowest BCUT2D eigenvalue weighted by Crippen LogP contribution is -2.48. The summed E-state index contributed by atoms with van der Waals surface area (Å²) in [6.07, 6.45) is 0.319. The van der Waals surface area contributed by atoms with Gasteiger partial charge in [0.1, 0.15) is 12.4 Å². The molecule has 1 aliphatic rings. The molecule has 0 spiro atoms. The summed E-state index contributed by atoms with van der Waals surface area (Å²) in [4.78, 5) is 15.8. The van der Waals surface area contributed by atoms with E-state index in [2.05, 4.69) is 64.1 Å². The summed E-state index contributed by atoms with van der Waals surface area (Å²) >= 11 is 6.15. The minimum Gasteiger partial charge on any atom is -0.492 e. The molecule has 4 rings (SSSR count). The number of nitrogens with two attached hydrogens (primary N) is 1. The molecule has 3 aromatic rings. The highest BCUT2D eigenvalue weighted by molar-refractivity contribution is 6.30. The van der Waals surface area contributed by atoms with Gasteiger partial charge in [-0.25, -0.2) is 9.86 Å². The Kier molecular flexibility index (Phi) is 11.7. The second kappa shape index (κ2) is 15.2. The molecule has 0 aliphatic carbocycles. The van der Waals surface area contributed by atoms with Gasteiger partial charge in [0.25, 0.3) is 0 Å². The molecule has 0 saturated carbocycles. The minimum atomic E-state index is -0.888. The number of carbonyl (C=O) groups is 1. The van der Waals surface area contributed by atoms with Crippen molar-refractivity contribution in [2.75, 3.05) is 45.9 Å². The molecule has 1 aliphatic heterocycles. The van der Waals surface area contributed by atoms with Crippen LogP contribution in [0.25, 0.3) is 0 Å². The van der Waals surface area contributed by atoms with Gasteiger partial charge in [-0.3, -0.25) is 15.0 Å². The third kappa shape index (κ3) is 9.02. The van der Waals surface area contributed by atoms with Gasteiger partial charge in [-0.1, -0.05) is 79.4 Å². The SMILES string of the molecule is C.NC(=O)N(O)CCC#Cc1cccc(OCCN2CCN([C@H](c3ccccc3)c3ccc(Cl)cc3)CC2)c1. The number of urea groups is 1. The number of ether oxygens (including phenoxy) is 1. The van der Waals surface area contributed by atoms with E-state index in [4.69, 9.17) is 22.1 Å². The lowest BCUT2D eigenvalue weighted by Gasteiger charge is -2.39. The van der Waals surface area contributed by atoms with E-state index in [0.29, 0.717) is 18.1 Å². The van der Waals surface area contributed by atoms with Crippen LogP contribution in [0.2, 0.25) is 5.02 Å². The summed E-state index contributed by atoms with van der Waals surface area (Å²) in [5.41, 5.74) is 8.34. The fourth-order valence-corrected chi connectivity index (χ4v) is 4.66. The van der Waals surface area contributed by atoms with Crippen molar-refractivity contribution < 1.29 is 14.7 Å². The van der Waals surface area contributed by atoms with Crippen molar-refractivity contribution in [2.24, 2.45) is 5.73 Å². The van der Waals surface area contributed by atoms with Crippen molar-refractivity contribution in [3.63, 3.8) is 0 Å². The number of rotatable bonds is 9. The van der Waals surface area contributed by atoms with Gasteiger partial charge in [0.2, 0.25) is 0 Å². The first-order valence-electron chi connectivity index (χ1n) is 12.7. The number of carbonyl (C=O) groups excluding carboxylic acids is 1. The second-order valence-corrected chi connectivity index (χ2v) is 9.57. The van der Waals surface area contributed by atoms with Crippen molar-refractivity contribution in [1.82, 2.24) is 14.9 Å². The summed E-state index contributed by atoms with van der Waals surface area (Å²) in [5, 5.41) is 10.5. The van der Waals surface area contributed by atoms with E-state index in [0.717, 1.165) is 49.1 Å². The highest BCUT2D eigenvalue weighted by atomic mass is 35.5.